The highest BCUT2D eigenvalue weighted by Crippen LogP contribution is 2.34. The Balaban J connectivity index is 1.66. The zero-order valence-corrected chi connectivity index (χ0v) is 16.1. The number of carbonyl (C=O) groups is 1. The normalized spacial score (nSPS) is 10.3. The number of thiazole rings is 1. The highest BCUT2D eigenvalue weighted by atomic mass is 32.1. The smallest absolute Gasteiger partial charge is 0.319 e. The van der Waals surface area contributed by atoms with Crippen LogP contribution in [-0.4, -0.2) is 30.2 Å². The van der Waals surface area contributed by atoms with E-state index >= 15 is 0 Å². The number of nitrogens with one attached hydrogen (secondary N) is 2. The van der Waals surface area contributed by atoms with Crippen LogP contribution < -0.4 is 20.1 Å². The van der Waals surface area contributed by atoms with Crippen LogP contribution in [0.4, 0.5) is 10.5 Å². The molecule has 7 nitrogen and oxygen atoms in total. The first-order valence-corrected chi connectivity index (χ1v) is 9.06. The lowest BCUT2D eigenvalue weighted by atomic mass is 10.2. The minimum atomic E-state index is -0.336. The predicted octanol–water partition coefficient (Wildman–Crippen LogP) is 3.85. The summed E-state index contributed by atoms with van der Waals surface area (Å²) in [4.78, 5) is 22.0. The fourth-order valence-electron chi connectivity index (χ4n) is 2.52. The molecule has 140 valence electrons. The highest BCUT2D eigenvalue weighted by Gasteiger charge is 2.14. The molecule has 0 aliphatic carbocycles. The van der Waals surface area contributed by atoms with Crippen LogP contribution in [0.2, 0.25) is 0 Å². The predicted molar refractivity (Wildman–Crippen MR) is 105 cm³/mol. The van der Waals surface area contributed by atoms with Crippen molar-refractivity contribution in [2.75, 3.05) is 19.5 Å². The van der Waals surface area contributed by atoms with Gasteiger partial charge in [0.05, 0.1) is 32.1 Å². The van der Waals surface area contributed by atoms with Crippen LogP contribution in [-0.2, 0) is 6.54 Å². The SMILES string of the molecule is COc1cccc(NC(=O)NCc2sc(-c3cccnc3)nc2C)c1OC. The second-order valence-electron chi connectivity index (χ2n) is 5.62. The molecule has 0 atom stereocenters. The Kier molecular flexibility index (Phi) is 5.87. The molecule has 3 aromatic rings. The summed E-state index contributed by atoms with van der Waals surface area (Å²) in [5, 5.41) is 6.52. The van der Waals surface area contributed by atoms with Gasteiger partial charge >= 0.3 is 6.03 Å². The summed E-state index contributed by atoms with van der Waals surface area (Å²) in [6, 6.07) is 8.80. The van der Waals surface area contributed by atoms with Gasteiger partial charge in [-0.15, -0.1) is 11.3 Å². The Morgan fingerprint density at radius 1 is 1.19 bits per heavy atom. The van der Waals surface area contributed by atoms with Crippen molar-refractivity contribution >= 4 is 23.1 Å². The van der Waals surface area contributed by atoms with Gasteiger partial charge in [-0.25, -0.2) is 9.78 Å². The summed E-state index contributed by atoms with van der Waals surface area (Å²) in [6.45, 7) is 2.30. The van der Waals surface area contributed by atoms with Crippen LogP contribution in [0.3, 0.4) is 0 Å². The van der Waals surface area contributed by atoms with Gasteiger partial charge in [0.2, 0.25) is 0 Å². The Labute approximate surface area is 161 Å². The van der Waals surface area contributed by atoms with Crippen molar-refractivity contribution in [1.82, 2.24) is 15.3 Å². The first-order chi connectivity index (χ1) is 13.1. The first kappa shape index (κ1) is 18.7. The lowest BCUT2D eigenvalue weighted by molar-refractivity contribution is 0.251. The zero-order chi connectivity index (χ0) is 19.2. The number of anilines is 1. The molecule has 0 aliphatic heterocycles. The monoisotopic (exact) mass is 384 g/mol. The minimum absolute atomic E-state index is 0.336. The average molecular weight is 384 g/mol. The Morgan fingerprint density at radius 2 is 2.04 bits per heavy atom. The molecule has 0 bridgehead atoms. The highest BCUT2D eigenvalue weighted by molar-refractivity contribution is 7.15. The molecular weight excluding hydrogens is 364 g/mol. The van der Waals surface area contributed by atoms with E-state index < -0.39 is 0 Å². The first-order valence-electron chi connectivity index (χ1n) is 8.25. The molecule has 2 N–H and O–H groups in total. The number of para-hydroxylation sites is 1. The van der Waals surface area contributed by atoms with E-state index in [2.05, 4.69) is 20.6 Å². The summed E-state index contributed by atoms with van der Waals surface area (Å²) in [7, 11) is 3.08. The number of ether oxygens (including phenoxy) is 2. The number of carbonyl (C=O) groups excluding carboxylic acids is 1. The van der Waals surface area contributed by atoms with Crippen LogP contribution >= 0.6 is 11.3 Å². The van der Waals surface area contributed by atoms with E-state index in [1.807, 2.05) is 19.1 Å². The van der Waals surface area contributed by atoms with Crippen LogP contribution in [0.15, 0.2) is 42.7 Å². The second-order valence-corrected chi connectivity index (χ2v) is 6.70. The molecule has 2 aromatic heterocycles. The third-order valence-electron chi connectivity index (χ3n) is 3.86. The second kappa shape index (κ2) is 8.50. The van der Waals surface area contributed by atoms with Gasteiger partial charge in [-0.2, -0.15) is 0 Å². The van der Waals surface area contributed by atoms with Gasteiger partial charge in [0.15, 0.2) is 11.5 Å². The fraction of sp³-hybridized carbons (Fsp3) is 0.211. The van der Waals surface area contributed by atoms with E-state index in [-0.39, 0.29) is 6.03 Å². The number of urea groups is 1. The number of aryl methyl sites for hydroxylation is 1. The molecule has 2 heterocycles. The molecule has 0 spiro atoms. The molecular formula is C19H20N4O3S. The molecule has 0 aliphatic rings. The number of nitrogens with zero attached hydrogens (tertiary/aromatic N) is 2. The molecule has 3 rings (SSSR count). The zero-order valence-electron chi connectivity index (χ0n) is 15.3. The van der Waals surface area contributed by atoms with Crippen molar-refractivity contribution in [3.63, 3.8) is 0 Å². The molecule has 0 saturated heterocycles. The summed E-state index contributed by atoms with van der Waals surface area (Å²) >= 11 is 1.54. The largest absolute Gasteiger partial charge is 0.493 e. The van der Waals surface area contributed by atoms with Crippen LogP contribution in [0, 0.1) is 6.92 Å². The maximum atomic E-state index is 12.3. The maximum absolute atomic E-state index is 12.3. The third kappa shape index (κ3) is 4.35. The van der Waals surface area contributed by atoms with E-state index in [4.69, 9.17) is 9.47 Å². The fourth-order valence-corrected chi connectivity index (χ4v) is 3.51. The van der Waals surface area contributed by atoms with E-state index in [1.165, 1.54) is 18.4 Å². The van der Waals surface area contributed by atoms with Gasteiger partial charge in [0.25, 0.3) is 0 Å². The number of benzene rings is 1. The van der Waals surface area contributed by atoms with Gasteiger partial charge in [-0.1, -0.05) is 6.07 Å². The van der Waals surface area contributed by atoms with Crippen molar-refractivity contribution in [1.29, 1.82) is 0 Å². The molecule has 0 fully saturated rings. The average Bonchev–Trinajstić information content (AvgIpc) is 3.07. The van der Waals surface area contributed by atoms with Gasteiger partial charge < -0.3 is 20.1 Å². The van der Waals surface area contributed by atoms with Gasteiger partial charge in [0.1, 0.15) is 5.01 Å². The summed E-state index contributed by atoms with van der Waals surface area (Å²) in [6.07, 6.45) is 3.50. The van der Waals surface area contributed by atoms with E-state index in [9.17, 15) is 4.79 Å². The Bertz CT molecular complexity index is 928. The number of amides is 2. The van der Waals surface area contributed by atoms with Gasteiger partial charge in [-0.05, 0) is 31.2 Å². The van der Waals surface area contributed by atoms with Gasteiger partial charge in [-0.3, -0.25) is 4.98 Å². The Morgan fingerprint density at radius 3 is 2.74 bits per heavy atom. The van der Waals surface area contributed by atoms with E-state index in [0.29, 0.717) is 23.7 Å². The van der Waals surface area contributed by atoms with Crippen molar-refractivity contribution in [3.8, 4) is 22.1 Å². The standard InChI is InChI=1S/C19H20N4O3S/c1-12-16(27-18(22-12)13-6-5-9-20-10-13)11-21-19(24)23-14-7-4-8-15(25-2)17(14)26-3/h4-10H,11H2,1-3H3,(H2,21,23,24). The Hall–Kier alpha value is -3.13. The van der Waals surface area contributed by atoms with Crippen molar-refractivity contribution in [3.05, 3.63) is 53.3 Å². The molecule has 8 heteroatoms. The summed E-state index contributed by atoms with van der Waals surface area (Å²) in [5.41, 5.74) is 2.38. The van der Waals surface area contributed by atoms with Gasteiger partial charge in [0, 0.05) is 22.8 Å². The van der Waals surface area contributed by atoms with Crippen molar-refractivity contribution in [2.24, 2.45) is 0 Å². The minimum Gasteiger partial charge on any atom is -0.493 e. The summed E-state index contributed by atoms with van der Waals surface area (Å²) in [5.74, 6) is 1.03. The molecule has 2 amide bonds. The third-order valence-corrected chi connectivity index (χ3v) is 5.07. The lowest BCUT2D eigenvalue weighted by Gasteiger charge is -2.13. The number of pyridine rings is 1. The number of hydrogen-bond acceptors (Lipinski definition) is 6. The molecule has 0 radical (unpaired) electrons. The van der Waals surface area contributed by atoms with E-state index in [1.54, 1.807) is 37.7 Å². The maximum Gasteiger partial charge on any atom is 0.319 e. The topological polar surface area (TPSA) is 85.4 Å². The number of rotatable bonds is 6. The molecule has 1 aromatic carbocycles. The van der Waals surface area contributed by atoms with Crippen LogP contribution in [0.5, 0.6) is 11.5 Å². The van der Waals surface area contributed by atoms with Crippen LogP contribution in [0.1, 0.15) is 10.6 Å². The number of hydrogen-bond donors (Lipinski definition) is 2. The number of methoxy groups -OCH3 is 2. The van der Waals surface area contributed by atoms with Crippen LogP contribution in [0.25, 0.3) is 10.6 Å². The molecule has 27 heavy (non-hydrogen) atoms. The lowest BCUT2D eigenvalue weighted by Crippen LogP contribution is -2.28. The number of aromatic nitrogens is 2. The van der Waals surface area contributed by atoms with Crippen molar-refractivity contribution in [2.45, 2.75) is 13.5 Å². The van der Waals surface area contributed by atoms with E-state index in [0.717, 1.165) is 21.1 Å². The van der Waals surface area contributed by atoms with Crippen molar-refractivity contribution < 1.29 is 14.3 Å². The quantitative estimate of drug-likeness (QED) is 0.674. The summed E-state index contributed by atoms with van der Waals surface area (Å²) < 4.78 is 10.6. The molecule has 0 saturated carbocycles. The molecule has 0 unspecified atom stereocenters.